The summed E-state index contributed by atoms with van der Waals surface area (Å²) >= 11 is 1.49. The van der Waals surface area contributed by atoms with E-state index in [4.69, 9.17) is 5.11 Å². The first-order valence-electron chi connectivity index (χ1n) is 5.50. The standard InChI is InChI=1S/C12H10F2N2O2S2/c13-11(14)20-9-4-2-1-3-8(9)16-6-5-15-12(16)19-7-10(17)18/h1-6,11H,7H2,(H,17,18). The van der Waals surface area contributed by atoms with Crippen molar-refractivity contribution < 1.29 is 18.7 Å². The summed E-state index contributed by atoms with van der Waals surface area (Å²) < 4.78 is 26.7. The van der Waals surface area contributed by atoms with Gasteiger partial charge in [-0.05, 0) is 12.1 Å². The molecule has 0 saturated heterocycles. The van der Waals surface area contributed by atoms with Gasteiger partial charge < -0.3 is 5.11 Å². The minimum Gasteiger partial charge on any atom is -0.481 e. The van der Waals surface area contributed by atoms with Crippen LogP contribution in [0.3, 0.4) is 0 Å². The molecule has 2 rings (SSSR count). The van der Waals surface area contributed by atoms with Gasteiger partial charge in [0.2, 0.25) is 0 Å². The number of nitrogens with zero attached hydrogens (tertiary/aromatic N) is 2. The molecule has 0 amide bonds. The number of thioether (sulfide) groups is 2. The van der Waals surface area contributed by atoms with Gasteiger partial charge in [0.1, 0.15) is 0 Å². The number of rotatable bonds is 6. The van der Waals surface area contributed by atoms with E-state index in [1.54, 1.807) is 35.0 Å². The van der Waals surface area contributed by atoms with Crippen molar-refractivity contribution in [3.63, 3.8) is 0 Å². The summed E-state index contributed by atoms with van der Waals surface area (Å²) in [6, 6.07) is 6.70. The summed E-state index contributed by atoms with van der Waals surface area (Å²) in [5.41, 5.74) is 0.559. The molecule has 0 radical (unpaired) electrons. The molecule has 1 aromatic carbocycles. The highest BCUT2D eigenvalue weighted by Crippen LogP contribution is 2.32. The van der Waals surface area contributed by atoms with Gasteiger partial charge in [-0.1, -0.05) is 35.7 Å². The molecule has 0 aliphatic carbocycles. The predicted octanol–water partition coefficient (Wildman–Crippen LogP) is 3.36. The Balaban J connectivity index is 2.32. The number of benzene rings is 1. The van der Waals surface area contributed by atoms with Gasteiger partial charge in [0.15, 0.2) is 5.16 Å². The quantitative estimate of drug-likeness (QED) is 0.828. The molecule has 1 aromatic heterocycles. The molecule has 0 bridgehead atoms. The Labute approximate surface area is 122 Å². The van der Waals surface area contributed by atoms with Crippen LogP contribution < -0.4 is 0 Å². The van der Waals surface area contributed by atoms with Crippen molar-refractivity contribution in [3.8, 4) is 5.69 Å². The summed E-state index contributed by atoms with van der Waals surface area (Å²) in [7, 11) is 0. The fourth-order valence-electron chi connectivity index (χ4n) is 1.56. The molecular weight excluding hydrogens is 306 g/mol. The van der Waals surface area contributed by atoms with Gasteiger partial charge in [-0.15, -0.1) is 0 Å². The van der Waals surface area contributed by atoms with Gasteiger partial charge in [-0.3, -0.25) is 9.36 Å². The second-order valence-corrected chi connectivity index (χ2v) is 5.58. The monoisotopic (exact) mass is 316 g/mol. The first-order chi connectivity index (χ1) is 9.58. The molecule has 0 saturated carbocycles. The predicted molar refractivity (Wildman–Crippen MR) is 73.8 cm³/mol. The molecular formula is C12H10F2N2O2S2. The fraction of sp³-hybridized carbons (Fsp3) is 0.167. The Bertz CT molecular complexity index is 605. The molecule has 8 heteroatoms. The summed E-state index contributed by atoms with van der Waals surface area (Å²) in [6.07, 6.45) is 3.13. The normalized spacial score (nSPS) is 10.9. The smallest absolute Gasteiger partial charge is 0.313 e. The average molecular weight is 316 g/mol. The third kappa shape index (κ3) is 3.73. The van der Waals surface area contributed by atoms with Crippen LogP contribution in [0, 0.1) is 0 Å². The number of halogens is 2. The molecule has 1 heterocycles. The lowest BCUT2D eigenvalue weighted by molar-refractivity contribution is -0.133. The van der Waals surface area contributed by atoms with Crippen molar-refractivity contribution in [1.82, 2.24) is 9.55 Å². The van der Waals surface area contributed by atoms with E-state index in [9.17, 15) is 13.6 Å². The molecule has 0 spiro atoms. The number of hydrogen-bond donors (Lipinski definition) is 1. The van der Waals surface area contributed by atoms with Crippen molar-refractivity contribution >= 4 is 29.5 Å². The number of aliphatic carboxylic acids is 1. The molecule has 0 atom stereocenters. The van der Waals surface area contributed by atoms with Gasteiger partial charge in [0.05, 0.1) is 11.4 Å². The first-order valence-corrected chi connectivity index (χ1v) is 7.36. The number of carboxylic acid groups (broad SMARTS) is 1. The fourth-order valence-corrected chi connectivity index (χ4v) is 2.88. The van der Waals surface area contributed by atoms with Crippen molar-refractivity contribution in [2.75, 3.05) is 5.75 Å². The number of imidazole rings is 1. The van der Waals surface area contributed by atoms with Crippen LogP contribution in [0.5, 0.6) is 0 Å². The van der Waals surface area contributed by atoms with Crippen LogP contribution in [0.4, 0.5) is 8.78 Å². The average Bonchev–Trinajstić information content (AvgIpc) is 2.84. The van der Waals surface area contributed by atoms with E-state index in [0.29, 0.717) is 27.5 Å². The third-order valence-electron chi connectivity index (χ3n) is 2.27. The van der Waals surface area contributed by atoms with Crippen LogP contribution in [0.25, 0.3) is 5.69 Å². The second-order valence-electron chi connectivity index (χ2n) is 3.61. The Morgan fingerprint density at radius 1 is 1.40 bits per heavy atom. The highest BCUT2D eigenvalue weighted by molar-refractivity contribution is 8.00. The molecule has 20 heavy (non-hydrogen) atoms. The van der Waals surface area contributed by atoms with E-state index in [0.717, 1.165) is 11.8 Å². The number of carbonyl (C=O) groups is 1. The molecule has 1 N–H and O–H groups in total. The Kier molecular flexibility index (Phi) is 5.02. The Morgan fingerprint density at radius 3 is 2.85 bits per heavy atom. The summed E-state index contributed by atoms with van der Waals surface area (Å²) in [4.78, 5) is 15.1. The number of aromatic nitrogens is 2. The number of hydrogen-bond acceptors (Lipinski definition) is 4. The maximum atomic E-state index is 12.6. The number of para-hydroxylation sites is 1. The van der Waals surface area contributed by atoms with Crippen molar-refractivity contribution in [2.24, 2.45) is 0 Å². The van der Waals surface area contributed by atoms with Gasteiger partial charge in [-0.2, -0.15) is 8.78 Å². The Morgan fingerprint density at radius 2 is 2.15 bits per heavy atom. The highest BCUT2D eigenvalue weighted by Gasteiger charge is 2.14. The molecule has 0 aliphatic rings. The largest absolute Gasteiger partial charge is 0.481 e. The van der Waals surface area contributed by atoms with Gasteiger partial charge in [-0.25, -0.2) is 4.98 Å². The first kappa shape index (κ1) is 14.9. The summed E-state index contributed by atoms with van der Waals surface area (Å²) in [5.74, 6) is -3.61. The van der Waals surface area contributed by atoms with Crippen molar-refractivity contribution in [2.45, 2.75) is 15.8 Å². The molecule has 0 fully saturated rings. The lowest BCUT2D eigenvalue weighted by atomic mass is 10.3. The van der Waals surface area contributed by atoms with Crippen molar-refractivity contribution in [3.05, 3.63) is 36.7 Å². The maximum Gasteiger partial charge on any atom is 0.313 e. The van der Waals surface area contributed by atoms with Crippen LogP contribution in [-0.4, -0.2) is 32.1 Å². The third-order valence-corrected chi connectivity index (χ3v) is 4.00. The van der Waals surface area contributed by atoms with Crippen LogP contribution in [0.2, 0.25) is 0 Å². The molecule has 4 nitrogen and oxygen atoms in total. The zero-order valence-corrected chi connectivity index (χ0v) is 11.7. The van der Waals surface area contributed by atoms with Gasteiger partial charge in [0.25, 0.3) is 5.76 Å². The van der Waals surface area contributed by atoms with E-state index in [-0.39, 0.29) is 5.75 Å². The van der Waals surface area contributed by atoms with E-state index in [2.05, 4.69) is 4.98 Å². The molecule has 0 aliphatic heterocycles. The van der Waals surface area contributed by atoms with Gasteiger partial charge >= 0.3 is 5.97 Å². The zero-order chi connectivity index (χ0) is 14.5. The van der Waals surface area contributed by atoms with E-state index < -0.39 is 11.7 Å². The summed E-state index contributed by atoms with van der Waals surface area (Å²) in [6.45, 7) is 0. The Hall–Kier alpha value is -1.54. The van der Waals surface area contributed by atoms with E-state index in [1.807, 2.05) is 0 Å². The topological polar surface area (TPSA) is 55.1 Å². The second kappa shape index (κ2) is 6.76. The highest BCUT2D eigenvalue weighted by atomic mass is 32.2. The minimum atomic E-state index is -2.52. The zero-order valence-electron chi connectivity index (χ0n) is 10.1. The van der Waals surface area contributed by atoms with E-state index >= 15 is 0 Å². The number of carboxylic acids is 1. The van der Waals surface area contributed by atoms with E-state index in [1.165, 1.54) is 6.20 Å². The van der Waals surface area contributed by atoms with Crippen LogP contribution in [0.15, 0.2) is 46.7 Å². The van der Waals surface area contributed by atoms with Crippen LogP contribution >= 0.6 is 23.5 Å². The molecule has 2 aromatic rings. The molecule has 106 valence electrons. The SMILES string of the molecule is O=C(O)CSc1nccn1-c1ccccc1SC(F)F. The minimum absolute atomic E-state index is 0.138. The van der Waals surface area contributed by atoms with Crippen LogP contribution in [0.1, 0.15) is 0 Å². The molecule has 0 unspecified atom stereocenters. The lowest BCUT2D eigenvalue weighted by Crippen LogP contribution is -2.02. The summed E-state index contributed by atoms with van der Waals surface area (Å²) in [5, 5.41) is 9.14. The number of alkyl halides is 2. The van der Waals surface area contributed by atoms with Crippen molar-refractivity contribution in [1.29, 1.82) is 0 Å². The van der Waals surface area contributed by atoms with Crippen LogP contribution in [-0.2, 0) is 4.79 Å². The van der Waals surface area contributed by atoms with Gasteiger partial charge in [0, 0.05) is 17.3 Å². The lowest BCUT2D eigenvalue weighted by Gasteiger charge is -2.11. The maximum absolute atomic E-state index is 12.6.